The van der Waals surface area contributed by atoms with Crippen LogP contribution in [0.15, 0.2) is 16.3 Å². The normalized spacial score (nSPS) is 11.4. The lowest BCUT2D eigenvalue weighted by Gasteiger charge is -1.95. The number of hydrogen-bond acceptors (Lipinski definition) is 4. The fraction of sp³-hybridized carbons (Fsp3) is 0.167. The van der Waals surface area contributed by atoms with Crippen molar-refractivity contribution in [1.82, 2.24) is 0 Å². The Kier molecular flexibility index (Phi) is 2.20. The number of nitrogens with two attached hydrogens (primary N) is 1. The molecule has 12 heavy (non-hydrogen) atoms. The van der Waals surface area contributed by atoms with E-state index in [1.165, 1.54) is 11.4 Å². The number of carbonyl (C=O) groups is 1. The largest absolute Gasteiger partial charge is 0.365 e. The van der Waals surface area contributed by atoms with Crippen molar-refractivity contribution in [3.8, 4) is 0 Å². The van der Waals surface area contributed by atoms with Gasteiger partial charge < -0.3 is 5.73 Å². The fourth-order valence-electron chi connectivity index (χ4n) is 0.769. The van der Waals surface area contributed by atoms with Crippen LogP contribution in [-0.2, 0) is 9.84 Å². The van der Waals surface area contributed by atoms with Crippen LogP contribution in [0.5, 0.6) is 0 Å². The molecule has 6 heteroatoms. The molecular weight excluding hydrogens is 198 g/mol. The first-order valence-electron chi connectivity index (χ1n) is 3.00. The molecule has 0 fully saturated rings. The number of sulfone groups is 1. The molecule has 1 aromatic rings. The van der Waals surface area contributed by atoms with Crippen LogP contribution in [0.1, 0.15) is 9.67 Å². The molecule has 4 nitrogen and oxygen atoms in total. The van der Waals surface area contributed by atoms with Gasteiger partial charge in [0.1, 0.15) is 4.88 Å². The third kappa shape index (κ3) is 1.64. The van der Waals surface area contributed by atoms with E-state index in [0.29, 0.717) is 0 Å². The lowest BCUT2D eigenvalue weighted by molar-refractivity contribution is 0.100. The van der Waals surface area contributed by atoms with Gasteiger partial charge in [0.15, 0.2) is 9.84 Å². The van der Waals surface area contributed by atoms with Crippen molar-refractivity contribution in [2.45, 2.75) is 4.90 Å². The SMILES string of the molecule is CS(=O)(=O)c1ccsc1C(N)=O. The van der Waals surface area contributed by atoms with E-state index in [0.717, 1.165) is 17.6 Å². The minimum absolute atomic E-state index is 0.0139. The highest BCUT2D eigenvalue weighted by Crippen LogP contribution is 2.20. The zero-order chi connectivity index (χ0) is 9.35. The molecule has 0 radical (unpaired) electrons. The summed E-state index contributed by atoms with van der Waals surface area (Å²) in [6.07, 6.45) is 1.04. The van der Waals surface area contributed by atoms with Crippen LogP contribution in [0.25, 0.3) is 0 Å². The third-order valence-corrected chi connectivity index (χ3v) is 3.45. The zero-order valence-corrected chi connectivity index (χ0v) is 7.91. The molecule has 1 amide bonds. The van der Waals surface area contributed by atoms with Gasteiger partial charge in [-0.15, -0.1) is 11.3 Å². The van der Waals surface area contributed by atoms with Crippen molar-refractivity contribution in [1.29, 1.82) is 0 Å². The van der Waals surface area contributed by atoms with Crippen molar-refractivity contribution in [3.63, 3.8) is 0 Å². The molecule has 0 aromatic carbocycles. The summed E-state index contributed by atoms with van der Waals surface area (Å²) in [4.78, 5) is 10.8. The monoisotopic (exact) mass is 205 g/mol. The van der Waals surface area contributed by atoms with Gasteiger partial charge in [-0.3, -0.25) is 4.79 Å². The number of rotatable bonds is 2. The van der Waals surface area contributed by atoms with Gasteiger partial charge >= 0.3 is 0 Å². The van der Waals surface area contributed by atoms with Crippen LogP contribution in [-0.4, -0.2) is 20.6 Å². The van der Waals surface area contributed by atoms with Crippen LogP contribution in [0.2, 0.25) is 0 Å². The second-order valence-electron chi connectivity index (χ2n) is 2.25. The van der Waals surface area contributed by atoms with Crippen molar-refractivity contribution >= 4 is 27.1 Å². The smallest absolute Gasteiger partial charge is 0.260 e. The Labute approximate surface area is 73.9 Å². The number of amides is 1. The number of carbonyl (C=O) groups excluding carboxylic acids is 1. The van der Waals surface area contributed by atoms with E-state index in [1.54, 1.807) is 0 Å². The summed E-state index contributed by atoms with van der Waals surface area (Å²) in [7, 11) is -3.33. The van der Waals surface area contributed by atoms with Gasteiger partial charge in [0, 0.05) is 6.26 Å². The minimum atomic E-state index is -3.33. The second-order valence-corrected chi connectivity index (χ2v) is 5.15. The molecular formula is C6H7NO3S2. The van der Waals surface area contributed by atoms with E-state index >= 15 is 0 Å². The van der Waals surface area contributed by atoms with Gasteiger partial charge in [0.2, 0.25) is 0 Å². The Hall–Kier alpha value is -0.880. The highest BCUT2D eigenvalue weighted by Gasteiger charge is 2.17. The maximum absolute atomic E-state index is 11.0. The Morgan fingerprint density at radius 3 is 2.50 bits per heavy atom. The molecule has 0 aliphatic rings. The maximum Gasteiger partial charge on any atom is 0.260 e. The van der Waals surface area contributed by atoms with E-state index in [4.69, 9.17) is 5.73 Å². The molecule has 0 aliphatic heterocycles. The molecule has 0 saturated carbocycles. The lowest BCUT2D eigenvalue weighted by Crippen LogP contribution is -2.12. The quantitative estimate of drug-likeness (QED) is 0.751. The van der Waals surface area contributed by atoms with E-state index < -0.39 is 15.7 Å². The topological polar surface area (TPSA) is 77.2 Å². The van der Waals surface area contributed by atoms with Gasteiger partial charge in [-0.1, -0.05) is 0 Å². The van der Waals surface area contributed by atoms with E-state index in [-0.39, 0.29) is 9.77 Å². The summed E-state index contributed by atoms with van der Waals surface area (Å²) in [5, 5.41) is 1.52. The van der Waals surface area contributed by atoms with E-state index in [9.17, 15) is 13.2 Å². The zero-order valence-electron chi connectivity index (χ0n) is 6.27. The van der Waals surface area contributed by atoms with Crippen LogP contribution >= 0.6 is 11.3 Å². The molecule has 1 aromatic heterocycles. The predicted molar refractivity (Wildman–Crippen MR) is 45.9 cm³/mol. The van der Waals surface area contributed by atoms with Crippen molar-refractivity contribution in [2.75, 3.05) is 6.26 Å². The Morgan fingerprint density at radius 2 is 2.17 bits per heavy atom. The summed E-state index contributed by atoms with van der Waals surface area (Å²) in [6.45, 7) is 0. The van der Waals surface area contributed by atoms with Crippen LogP contribution in [0.4, 0.5) is 0 Å². The molecule has 0 atom stereocenters. The predicted octanol–water partition coefficient (Wildman–Crippen LogP) is 0.251. The highest BCUT2D eigenvalue weighted by atomic mass is 32.2. The molecule has 66 valence electrons. The number of primary amides is 1. The summed E-state index contributed by atoms with van der Waals surface area (Å²) in [6, 6.07) is 1.38. The molecule has 2 N–H and O–H groups in total. The third-order valence-electron chi connectivity index (χ3n) is 1.25. The first kappa shape index (κ1) is 9.21. The lowest BCUT2D eigenvalue weighted by atomic mass is 10.4. The summed E-state index contributed by atoms with van der Waals surface area (Å²) in [5.74, 6) is -0.703. The van der Waals surface area contributed by atoms with E-state index in [1.807, 2.05) is 0 Å². The Bertz CT molecular complexity index is 404. The van der Waals surface area contributed by atoms with Crippen molar-refractivity contribution in [2.24, 2.45) is 5.73 Å². The number of hydrogen-bond donors (Lipinski definition) is 1. The van der Waals surface area contributed by atoms with Gasteiger partial charge in [0.25, 0.3) is 5.91 Å². The molecule has 1 heterocycles. The van der Waals surface area contributed by atoms with Crippen molar-refractivity contribution in [3.05, 3.63) is 16.3 Å². The van der Waals surface area contributed by atoms with Crippen LogP contribution in [0.3, 0.4) is 0 Å². The summed E-state index contributed by atoms with van der Waals surface area (Å²) < 4.78 is 22.0. The molecule has 0 bridgehead atoms. The molecule has 0 unspecified atom stereocenters. The fourth-order valence-corrected chi connectivity index (χ4v) is 2.85. The van der Waals surface area contributed by atoms with Crippen LogP contribution in [0, 0.1) is 0 Å². The van der Waals surface area contributed by atoms with Crippen molar-refractivity contribution < 1.29 is 13.2 Å². The maximum atomic E-state index is 11.0. The average molecular weight is 205 g/mol. The molecule has 0 aliphatic carbocycles. The Balaban J connectivity index is 3.36. The number of thiophene rings is 1. The van der Waals surface area contributed by atoms with Crippen LogP contribution < -0.4 is 5.73 Å². The van der Waals surface area contributed by atoms with Gasteiger partial charge in [-0.05, 0) is 11.4 Å². The second kappa shape index (κ2) is 2.87. The van der Waals surface area contributed by atoms with Gasteiger partial charge in [0.05, 0.1) is 4.90 Å². The van der Waals surface area contributed by atoms with Gasteiger partial charge in [-0.25, -0.2) is 8.42 Å². The molecule has 0 spiro atoms. The first-order chi connectivity index (χ1) is 5.43. The average Bonchev–Trinajstić information content (AvgIpc) is 2.30. The molecule has 0 saturated heterocycles. The summed E-state index contributed by atoms with van der Waals surface area (Å²) in [5.41, 5.74) is 4.96. The Morgan fingerprint density at radius 1 is 1.58 bits per heavy atom. The first-order valence-corrected chi connectivity index (χ1v) is 5.77. The minimum Gasteiger partial charge on any atom is -0.365 e. The standard InChI is InChI=1S/C6H7NO3S2/c1-12(9,10)4-2-3-11-5(4)6(7)8/h2-3H,1H3,(H2,7,8). The van der Waals surface area contributed by atoms with Gasteiger partial charge in [-0.2, -0.15) is 0 Å². The summed E-state index contributed by atoms with van der Waals surface area (Å²) >= 11 is 1.03. The molecule has 1 rings (SSSR count). The van der Waals surface area contributed by atoms with E-state index in [2.05, 4.69) is 0 Å². The highest BCUT2D eigenvalue weighted by molar-refractivity contribution is 7.91.